The summed E-state index contributed by atoms with van der Waals surface area (Å²) < 4.78 is 1.11. The molecule has 0 aromatic heterocycles. The number of hydrogen-bond donors (Lipinski definition) is 2. The van der Waals surface area contributed by atoms with Crippen molar-refractivity contribution < 1.29 is 0 Å². The highest BCUT2D eigenvalue weighted by Gasteiger charge is 2.02. The fraction of sp³-hybridized carbons (Fsp3) is 0.0769. The van der Waals surface area contributed by atoms with Crippen molar-refractivity contribution in [2.45, 2.75) is 6.92 Å². The average Bonchev–Trinajstić information content (AvgIpc) is 2.27. The van der Waals surface area contributed by atoms with Gasteiger partial charge in [0, 0.05) is 14.9 Å². The number of nitrogens with one attached hydrogen (secondary N) is 1. The van der Waals surface area contributed by atoms with Crippen LogP contribution in [0.5, 0.6) is 0 Å². The van der Waals surface area contributed by atoms with Gasteiger partial charge in [-0.2, -0.15) is 0 Å². The molecule has 0 saturated heterocycles. The van der Waals surface area contributed by atoms with E-state index in [0.717, 1.165) is 26.2 Å². The van der Waals surface area contributed by atoms with E-state index in [0.29, 0.717) is 5.02 Å². The summed E-state index contributed by atoms with van der Waals surface area (Å²) in [6.07, 6.45) is 0. The van der Waals surface area contributed by atoms with E-state index >= 15 is 0 Å². The van der Waals surface area contributed by atoms with Crippen molar-refractivity contribution in [3.8, 4) is 0 Å². The number of aryl methyl sites for hydroxylation is 1. The van der Waals surface area contributed by atoms with Gasteiger partial charge in [-0.1, -0.05) is 17.7 Å². The smallest absolute Gasteiger partial charge is 0.0651 e. The van der Waals surface area contributed by atoms with Gasteiger partial charge < -0.3 is 11.1 Å². The lowest BCUT2D eigenvalue weighted by molar-refractivity contribution is 1.45. The first-order chi connectivity index (χ1) is 8.06. The van der Waals surface area contributed by atoms with Gasteiger partial charge in [-0.05, 0) is 65.4 Å². The molecule has 0 aliphatic rings. The maximum atomic E-state index is 6.15. The summed E-state index contributed by atoms with van der Waals surface area (Å²) in [5.74, 6) is 0. The number of nitrogens with two attached hydrogens (primary N) is 1. The van der Waals surface area contributed by atoms with Gasteiger partial charge in [0.15, 0.2) is 0 Å². The van der Waals surface area contributed by atoms with E-state index in [1.54, 1.807) is 0 Å². The van der Waals surface area contributed by atoms with E-state index in [-0.39, 0.29) is 0 Å². The van der Waals surface area contributed by atoms with Crippen molar-refractivity contribution in [1.82, 2.24) is 0 Å². The number of nitrogen functional groups attached to an aromatic ring is 1. The molecule has 0 unspecified atom stereocenters. The van der Waals surface area contributed by atoms with Crippen LogP contribution in [0.25, 0.3) is 0 Å². The van der Waals surface area contributed by atoms with Crippen LogP contribution >= 0.6 is 34.2 Å². The molecule has 2 aromatic rings. The van der Waals surface area contributed by atoms with Crippen molar-refractivity contribution in [1.29, 1.82) is 0 Å². The molecular formula is C13H12ClIN2. The second-order valence-corrected chi connectivity index (χ2v) is 5.47. The summed E-state index contributed by atoms with van der Waals surface area (Å²) in [6.45, 7) is 1.98. The second kappa shape index (κ2) is 5.14. The quantitative estimate of drug-likeness (QED) is 0.609. The molecule has 17 heavy (non-hydrogen) atoms. The summed E-state index contributed by atoms with van der Waals surface area (Å²) in [5.41, 5.74) is 9.54. The molecule has 0 bridgehead atoms. The van der Waals surface area contributed by atoms with Crippen LogP contribution in [0, 0.1) is 10.5 Å². The highest BCUT2D eigenvalue weighted by atomic mass is 127. The zero-order valence-electron chi connectivity index (χ0n) is 9.30. The third-order valence-electron chi connectivity index (χ3n) is 2.49. The van der Waals surface area contributed by atoms with Gasteiger partial charge in [-0.3, -0.25) is 0 Å². The van der Waals surface area contributed by atoms with Gasteiger partial charge in [-0.15, -0.1) is 0 Å². The molecule has 0 spiro atoms. The molecule has 3 N–H and O–H groups in total. The van der Waals surface area contributed by atoms with Crippen LogP contribution in [0.1, 0.15) is 5.56 Å². The summed E-state index contributed by atoms with van der Waals surface area (Å²) in [5, 5.41) is 3.96. The Hall–Kier alpha value is -0.940. The molecule has 2 nitrogen and oxygen atoms in total. The van der Waals surface area contributed by atoms with Crippen LogP contribution in [-0.4, -0.2) is 0 Å². The first kappa shape index (κ1) is 12.5. The number of halogens is 2. The van der Waals surface area contributed by atoms with E-state index in [2.05, 4.69) is 27.9 Å². The largest absolute Gasteiger partial charge is 0.398 e. The van der Waals surface area contributed by atoms with Gasteiger partial charge in [0.1, 0.15) is 0 Å². The Labute approximate surface area is 119 Å². The first-order valence-electron chi connectivity index (χ1n) is 5.14. The highest BCUT2D eigenvalue weighted by molar-refractivity contribution is 14.1. The lowest BCUT2D eigenvalue weighted by Crippen LogP contribution is -1.95. The number of rotatable bonds is 2. The summed E-state index contributed by atoms with van der Waals surface area (Å²) >= 11 is 8.38. The fourth-order valence-corrected chi connectivity index (χ4v) is 2.37. The van der Waals surface area contributed by atoms with Crippen LogP contribution in [0.2, 0.25) is 5.02 Å². The standard InChI is InChI=1S/C13H12ClIN2/c1-8-2-4-10(7-12(8)16)17-13-5-3-9(15)6-11(13)14/h2-7,17H,16H2,1H3. The van der Waals surface area contributed by atoms with E-state index in [1.807, 2.05) is 43.3 Å². The molecule has 2 rings (SSSR count). The lowest BCUT2D eigenvalue weighted by atomic mass is 10.2. The Balaban J connectivity index is 2.28. The zero-order valence-corrected chi connectivity index (χ0v) is 12.2. The van der Waals surface area contributed by atoms with Crippen molar-refractivity contribution in [2.24, 2.45) is 0 Å². The minimum Gasteiger partial charge on any atom is -0.398 e. The predicted octanol–water partition coefficient (Wildman–Crippen LogP) is 4.58. The highest BCUT2D eigenvalue weighted by Crippen LogP contribution is 2.28. The van der Waals surface area contributed by atoms with Crippen LogP contribution < -0.4 is 11.1 Å². The van der Waals surface area contributed by atoms with Crippen LogP contribution in [-0.2, 0) is 0 Å². The van der Waals surface area contributed by atoms with E-state index in [9.17, 15) is 0 Å². The van der Waals surface area contributed by atoms with Crippen molar-refractivity contribution in [3.05, 3.63) is 50.6 Å². The Morgan fingerprint density at radius 1 is 1.18 bits per heavy atom. The Kier molecular flexibility index (Phi) is 3.79. The second-order valence-electron chi connectivity index (χ2n) is 3.82. The molecule has 0 saturated carbocycles. The third-order valence-corrected chi connectivity index (χ3v) is 3.47. The SMILES string of the molecule is Cc1ccc(Nc2ccc(I)cc2Cl)cc1N. The molecular weight excluding hydrogens is 347 g/mol. The summed E-state index contributed by atoms with van der Waals surface area (Å²) in [6, 6.07) is 11.8. The van der Waals surface area contributed by atoms with Crippen molar-refractivity contribution in [2.75, 3.05) is 11.1 Å². The van der Waals surface area contributed by atoms with E-state index in [4.69, 9.17) is 17.3 Å². The van der Waals surface area contributed by atoms with Gasteiger partial charge in [0.05, 0.1) is 10.7 Å². The summed E-state index contributed by atoms with van der Waals surface area (Å²) in [7, 11) is 0. The monoisotopic (exact) mass is 358 g/mol. The van der Waals surface area contributed by atoms with E-state index in [1.165, 1.54) is 0 Å². The molecule has 88 valence electrons. The maximum Gasteiger partial charge on any atom is 0.0651 e. The Morgan fingerprint density at radius 3 is 2.59 bits per heavy atom. The molecule has 2 aromatic carbocycles. The van der Waals surface area contributed by atoms with Crippen LogP contribution in [0.3, 0.4) is 0 Å². The van der Waals surface area contributed by atoms with Gasteiger partial charge in [0.25, 0.3) is 0 Å². The maximum absolute atomic E-state index is 6.15. The average molecular weight is 359 g/mol. The van der Waals surface area contributed by atoms with Crippen molar-refractivity contribution in [3.63, 3.8) is 0 Å². The minimum absolute atomic E-state index is 0.705. The normalized spacial score (nSPS) is 10.3. The van der Waals surface area contributed by atoms with Gasteiger partial charge in [-0.25, -0.2) is 0 Å². The molecule has 0 fully saturated rings. The van der Waals surface area contributed by atoms with Gasteiger partial charge >= 0.3 is 0 Å². The molecule has 0 heterocycles. The molecule has 0 amide bonds. The first-order valence-corrected chi connectivity index (χ1v) is 6.60. The molecule has 0 radical (unpaired) electrons. The predicted molar refractivity (Wildman–Crippen MR) is 83.0 cm³/mol. The minimum atomic E-state index is 0.705. The molecule has 4 heteroatoms. The van der Waals surface area contributed by atoms with Gasteiger partial charge in [0.2, 0.25) is 0 Å². The van der Waals surface area contributed by atoms with Crippen LogP contribution in [0.15, 0.2) is 36.4 Å². The summed E-state index contributed by atoms with van der Waals surface area (Å²) in [4.78, 5) is 0. The Morgan fingerprint density at radius 2 is 1.94 bits per heavy atom. The topological polar surface area (TPSA) is 38.0 Å². The number of benzene rings is 2. The lowest BCUT2D eigenvalue weighted by Gasteiger charge is -2.10. The molecule has 0 aliphatic carbocycles. The van der Waals surface area contributed by atoms with Crippen LogP contribution in [0.4, 0.5) is 17.1 Å². The molecule has 0 atom stereocenters. The Bertz CT molecular complexity index is 555. The van der Waals surface area contributed by atoms with Crippen molar-refractivity contribution >= 4 is 51.3 Å². The third kappa shape index (κ3) is 3.04. The fourth-order valence-electron chi connectivity index (χ4n) is 1.46. The zero-order chi connectivity index (χ0) is 12.4. The number of hydrogen-bond acceptors (Lipinski definition) is 2. The molecule has 0 aliphatic heterocycles. The number of anilines is 3. The van der Waals surface area contributed by atoms with E-state index < -0.39 is 0 Å².